The van der Waals surface area contributed by atoms with Crippen LogP contribution in [0.3, 0.4) is 0 Å². The highest BCUT2D eigenvalue weighted by atomic mass is 35.5. The summed E-state index contributed by atoms with van der Waals surface area (Å²) in [6.07, 6.45) is 1.30. The number of hydrogen-bond donors (Lipinski definition) is 2. The molecule has 268 valence electrons. The van der Waals surface area contributed by atoms with Gasteiger partial charge in [0.2, 0.25) is 0 Å². The van der Waals surface area contributed by atoms with Crippen molar-refractivity contribution in [1.29, 1.82) is 0 Å². The average Bonchev–Trinajstić information content (AvgIpc) is 3.69. The van der Waals surface area contributed by atoms with Gasteiger partial charge in [-0.25, -0.2) is 0 Å². The predicted molar refractivity (Wildman–Crippen MR) is 211 cm³/mol. The third-order valence-corrected chi connectivity index (χ3v) is 9.15. The van der Waals surface area contributed by atoms with Crippen molar-refractivity contribution in [2.45, 2.75) is 19.8 Å². The van der Waals surface area contributed by atoms with E-state index in [-0.39, 0.29) is 5.75 Å². The molecule has 0 unspecified atom stereocenters. The Morgan fingerprint density at radius 2 is 1.13 bits per heavy atom. The first-order valence-electron chi connectivity index (χ1n) is 16.4. The predicted octanol–water partition coefficient (Wildman–Crippen LogP) is 12.3. The van der Waals surface area contributed by atoms with Crippen molar-refractivity contribution in [3.8, 4) is 56.8 Å². The van der Waals surface area contributed by atoms with Crippen LogP contribution in [0.1, 0.15) is 23.9 Å². The standard InChI is InChI=1S/C21H18Cl2O2.C20H14Cl2N4O2/c1-3-14-11-18(22)21(19(23)12-14)25-16-9-10-20(24-2)17(13-16)15-7-5-4-6-8-15;21-16-8-12(10-19-23-25-26-24-19)9-17(22)20(16)28-14-6-7-18(27)15(11-14)13-4-2-1-3-5-13/h4-13H,3H2,1-2H3;1-9,11,27H,10H2,(H,23,24,25,26). The molecule has 8 nitrogen and oxygen atoms in total. The van der Waals surface area contributed by atoms with E-state index in [9.17, 15) is 5.11 Å². The number of benzene rings is 6. The average molecular weight is 787 g/mol. The Kier molecular flexibility index (Phi) is 12.4. The second-order valence-corrected chi connectivity index (χ2v) is 13.2. The van der Waals surface area contributed by atoms with Crippen LogP contribution in [-0.4, -0.2) is 32.8 Å². The first kappa shape index (κ1) is 37.5. The summed E-state index contributed by atoms with van der Waals surface area (Å²) in [5, 5.41) is 25.7. The van der Waals surface area contributed by atoms with Crippen LogP contribution in [0.15, 0.2) is 121 Å². The van der Waals surface area contributed by atoms with Gasteiger partial charge in [-0.3, -0.25) is 0 Å². The van der Waals surface area contributed by atoms with E-state index < -0.39 is 0 Å². The van der Waals surface area contributed by atoms with E-state index in [4.69, 9.17) is 60.6 Å². The molecule has 7 rings (SSSR count). The molecule has 0 radical (unpaired) electrons. The number of methoxy groups -OCH3 is 1. The summed E-state index contributed by atoms with van der Waals surface area (Å²) in [6.45, 7) is 2.05. The maximum Gasteiger partial charge on any atom is 0.178 e. The van der Waals surface area contributed by atoms with E-state index in [2.05, 4.69) is 27.5 Å². The SMILES string of the molecule is CCc1cc(Cl)c(Oc2ccc(OC)c(-c3ccccc3)c2)c(Cl)c1.Oc1ccc(Oc2c(Cl)cc(Cc3nn[nH]n3)cc2Cl)cc1-c1ccccc1. The molecule has 53 heavy (non-hydrogen) atoms. The lowest BCUT2D eigenvalue weighted by atomic mass is 10.0. The zero-order chi connectivity index (χ0) is 37.3. The number of ether oxygens (including phenoxy) is 3. The number of phenols is 1. The molecule has 1 heterocycles. The molecule has 6 aromatic carbocycles. The van der Waals surface area contributed by atoms with Crippen molar-refractivity contribution >= 4 is 46.4 Å². The molecule has 0 aliphatic rings. The van der Waals surface area contributed by atoms with Gasteiger partial charge in [0.05, 0.1) is 27.2 Å². The molecule has 7 aromatic rings. The lowest BCUT2D eigenvalue weighted by molar-refractivity contribution is 0.414. The van der Waals surface area contributed by atoms with Crippen molar-refractivity contribution in [3.05, 3.63) is 158 Å². The third-order valence-electron chi connectivity index (χ3n) is 8.02. The second-order valence-electron chi connectivity index (χ2n) is 11.6. The van der Waals surface area contributed by atoms with E-state index in [1.807, 2.05) is 91.0 Å². The molecule has 0 fully saturated rings. The van der Waals surface area contributed by atoms with Crippen LogP contribution >= 0.6 is 46.4 Å². The van der Waals surface area contributed by atoms with E-state index in [1.54, 1.807) is 37.4 Å². The highest BCUT2D eigenvalue weighted by molar-refractivity contribution is 6.38. The van der Waals surface area contributed by atoms with Gasteiger partial charge in [0, 0.05) is 17.5 Å². The highest BCUT2D eigenvalue weighted by Gasteiger charge is 2.15. The fourth-order valence-corrected chi connectivity index (χ4v) is 6.64. The molecule has 0 saturated heterocycles. The van der Waals surface area contributed by atoms with Crippen LogP contribution in [0.25, 0.3) is 22.3 Å². The molecule has 2 N–H and O–H groups in total. The summed E-state index contributed by atoms with van der Waals surface area (Å²) >= 11 is 25.5. The lowest BCUT2D eigenvalue weighted by Gasteiger charge is -2.14. The van der Waals surface area contributed by atoms with Gasteiger partial charge in [0.15, 0.2) is 17.3 Å². The maximum atomic E-state index is 10.2. The molecular weight excluding hydrogens is 754 g/mol. The lowest BCUT2D eigenvalue weighted by Crippen LogP contribution is -1.94. The first-order chi connectivity index (χ1) is 25.7. The van der Waals surface area contributed by atoms with Gasteiger partial charge >= 0.3 is 0 Å². The molecular formula is C41H32Cl4N4O4. The monoisotopic (exact) mass is 784 g/mol. The Bertz CT molecular complexity index is 2260. The van der Waals surface area contributed by atoms with Crippen molar-refractivity contribution in [2.75, 3.05) is 7.11 Å². The Morgan fingerprint density at radius 3 is 1.64 bits per heavy atom. The Labute approximate surface area is 326 Å². The number of aromatic nitrogens is 4. The Morgan fingerprint density at radius 1 is 0.623 bits per heavy atom. The van der Waals surface area contributed by atoms with Crippen LogP contribution in [0.5, 0.6) is 34.5 Å². The molecule has 0 atom stereocenters. The van der Waals surface area contributed by atoms with Gasteiger partial charge in [-0.1, -0.05) is 119 Å². The quantitative estimate of drug-likeness (QED) is 0.142. The van der Waals surface area contributed by atoms with Gasteiger partial charge in [-0.05, 0) is 89.3 Å². The summed E-state index contributed by atoms with van der Waals surface area (Å²) in [5.74, 6) is 3.42. The maximum absolute atomic E-state index is 10.2. The number of nitrogens with one attached hydrogen (secondary N) is 1. The summed E-state index contributed by atoms with van der Waals surface area (Å²) in [6, 6.07) is 37.4. The zero-order valence-corrected chi connectivity index (χ0v) is 31.5. The number of tetrazole rings is 1. The van der Waals surface area contributed by atoms with Crippen molar-refractivity contribution in [2.24, 2.45) is 0 Å². The number of rotatable bonds is 10. The molecule has 1 aromatic heterocycles. The van der Waals surface area contributed by atoms with Crippen LogP contribution in [0.4, 0.5) is 0 Å². The van der Waals surface area contributed by atoms with E-state index in [0.29, 0.717) is 60.9 Å². The van der Waals surface area contributed by atoms with Gasteiger partial charge in [0.1, 0.15) is 23.0 Å². The number of aromatic hydroxyl groups is 1. The topological polar surface area (TPSA) is 102 Å². The summed E-state index contributed by atoms with van der Waals surface area (Å²) < 4.78 is 17.4. The normalized spacial score (nSPS) is 10.7. The minimum absolute atomic E-state index is 0.159. The number of hydrogen-bond acceptors (Lipinski definition) is 7. The Hall–Kier alpha value is -5.25. The minimum atomic E-state index is 0.159. The van der Waals surface area contributed by atoms with Crippen LogP contribution in [0.2, 0.25) is 20.1 Å². The van der Waals surface area contributed by atoms with Gasteiger partial charge < -0.3 is 19.3 Å². The van der Waals surface area contributed by atoms with Crippen molar-refractivity contribution in [1.82, 2.24) is 20.6 Å². The largest absolute Gasteiger partial charge is 0.507 e. The van der Waals surface area contributed by atoms with Crippen LogP contribution in [0, 0.1) is 0 Å². The summed E-state index contributed by atoms with van der Waals surface area (Å²) in [7, 11) is 1.65. The number of aromatic amines is 1. The van der Waals surface area contributed by atoms with Gasteiger partial charge in [-0.2, -0.15) is 5.21 Å². The molecule has 0 aliphatic heterocycles. The van der Waals surface area contributed by atoms with E-state index >= 15 is 0 Å². The number of H-pyrrole nitrogens is 1. The fourth-order valence-electron chi connectivity index (χ4n) is 5.42. The minimum Gasteiger partial charge on any atom is -0.507 e. The molecule has 12 heteroatoms. The highest BCUT2D eigenvalue weighted by Crippen LogP contribution is 2.42. The second kappa shape index (κ2) is 17.5. The summed E-state index contributed by atoms with van der Waals surface area (Å²) in [4.78, 5) is 0. The van der Waals surface area contributed by atoms with Gasteiger partial charge in [0.25, 0.3) is 0 Å². The summed E-state index contributed by atoms with van der Waals surface area (Å²) in [5.41, 5.74) is 5.42. The fraction of sp³-hybridized carbons (Fsp3) is 0.0976. The van der Waals surface area contributed by atoms with Crippen LogP contribution < -0.4 is 14.2 Å². The molecule has 0 saturated carbocycles. The van der Waals surface area contributed by atoms with E-state index in [0.717, 1.165) is 40.0 Å². The number of nitrogens with zero attached hydrogens (tertiary/aromatic N) is 3. The van der Waals surface area contributed by atoms with Crippen LogP contribution in [-0.2, 0) is 12.8 Å². The van der Waals surface area contributed by atoms with E-state index in [1.165, 1.54) is 0 Å². The molecule has 0 bridgehead atoms. The van der Waals surface area contributed by atoms with Crippen molar-refractivity contribution < 1.29 is 19.3 Å². The first-order valence-corrected chi connectivity index (χ1v) is 17.9. The Balaban J connectivity index is 0.000000183. The third kappa shape index (κ3) is 9.41. The molecule has 0 amide bonds. The smallest absolute Gasteiger partial charge is 0.178 e. The molecule has 0 spiro atoms. The number of aryl methyl sites for hydroxylation is 1. The molecule has 0 aliphatic carbocycles. The van der Waals surface area contributed by atoms with Gasteiger partial charge in [-0.15, -0.1) is 10.2 Å². The zero-order valence-electron chi connectivity index (χ0n) is 28.5. The number of halogens is 4. The van der Waals surface area contributed by atoms with Crippen molar-refractivity contribution in [3.63, 3.8) is 0 Å². The number of phenolic OH excluding ortho intramolecular Hbond substituents is 1.